The topological polar surface area (TPSA) is 71.2 Å². The van der Waals surface area contributed by atoms with E-state index in [0.717, 1.165) is 16.8 Å². The number of nitrogens with zero attached hydrogens (tertiary/aromatic N) is 4. The second-order valence-corrected chi connectivity index (χ2v) is 6.81. The average molecular weight is 346 g/mol. The van der Waals surface area contributed by atoms with Gasteiger partial charge in [-0.25, -0.2) is 4.68 Å². The van der Waals surface area contributed by atoms with Gasteiger partial charge in [0.05, 0.1) is 18.3 Å². The number of tetrazole rings is 1. The zero-order chi connectivity index (χ0) is 17.0. The van der Waals surface area contributed by atoms with E-state index in [1.165, 1.54) is 5.56 Å². The Morgan fingerprint density at radius 3 is 2.62 bits per heavy atom. The first-order valence-corrected chi connectivity index (χ1v) is 8.29. The number of carbonyl (C=O) groups excluding carboxylic acids is 1. The van der Waals surface area contributed by atoms with Crippen molar-refractivity contribution in [3.05, 3.63) is 33.6 Å². The number of ketones is 1. The van der Waals surface area contributed by atoms with Crippen LogP contribution in [-0.4, -0.2) is 44.6 Å². The lowest BCUT2D eigenvalue weighted by atomic mass is 10.0. The van der Waals surface area contributed by atoms with Gasteiger partial charge in [-0.2, -0.15) is 4.68 Å². The lowest BCUT2D eigenvalue weighted by molar-refractivity contribution is -0.156. The average Bonchev–Trinajstić information content (AvgIpc) is 3.09. The predicted octanol–water partition coefficient (Wildman–Crippen LogP) is 1.98. The summed E-state index contributed by atoms with van der Waals surface area (Å²) < 4.78 is 14.7. The van der Waals surface area contributed by atoms with Crippen LogP contribution in [0.5, 0.6) is 0 Å². The summed E-state index contributed by atoms with van der Waals surface area (Å²) in [6.45, 7) is 6.48. The Kier molecular flexibility index (Phi) is 3.63. The van der Waals surface area contributed by atoms with Crippen molar-refractivity contribution in [3.8, 4) is 5.69 Å². The molecule has 2 saturated heterocycles. The predicted molar refractivity (Wildman–Crippen MR) is 87.7 cm³/mol. The van der Waals surface area contributed by atoms with Crippen LogP contribution in [0.1, 0.15) is 29.2 Å². The van der Waals surface area contributed by atoms with Crippen molar-refractivity contribution in [1.29, 1.82) is 0 Å². The van der Waals surface area contributed by atoms with Gasteiger partial charge in [0.1, 0.15) is 6.10 Å². The molecule has 2 bridgehead atoms. The Labute approximate surface area is 144 Å². The summed E-state index contributed by atoms with van der Waals surface area (Å²) in [5.74, 6) is -0.0760. The van der Waals surface area contributed by atoms with Gasteiger partial charge < -0.3 is 9.47 Å². The van der Waals surface area contributed by atoms with Crippen LogP contribution in [0.3, 0.4) is 0 Å². The van der Waals surface area contributed by atoms with Crippen LogP contribution < -0.4 is 0 Å². The van der Waals surface area contributed by atoms with Crippen LogP contribution in [0.4, 0.5) is 0 Å². The molecule has 0 N–H and O–H groups in total. The van der Waals surface area contributed by atoms with E-state index in [2.05, 4.69) is 29.5 Å². The molecular weight excluding hydrogens is 328 g/mol. The van der Waals surface area contributed by atoms with Crippen LogP contribution in [0.15, 0.2) is 12.1 Å². The number of hydrogen-bond donors (Lipinski definition) is 0. The molecule has 1 aromatic carbocycles. The summed E-state index contributed by atoms with van der Waals surface area (Å²) >= 11 is 5.59. The van der Waals surface area contributed by atoms with E-state index in [0.29, 0.717) is 17.8 Å². The highest BCUT2D eigenvalue weighted by Crippen LogP contribution is 2.33. The molecule has 0 saturated carbocycles. The minimum absolute atomic E-state index is 0.0760. The van der Waals surface area contributed by atoms with Crippen LogP contribution in [0.2, 0.25) is 0 Å². The van der Waals surface area contributed by atoms with Gasteiger partial charge in [-0.3, -0.25) is 4.79 Å². The highest BCUT2D eigenvalue weighted by molar-refractivity contribution is 7.71. The van der Waals surface area contributed by atoms with Gasteiger partial charge in [-0.15, -0.1) is 0 Å². The normalized spacial score (nSPS) is 26.1. The molecule has 24 heavy (non-hydrogen) atoms. The van der Waals surface area contributed by atoms with E-state index in [9.17, 15) is 4.79 Å². The van der Waals surface area contributed by atoms with Crippen LogP contribution in [0, 0.1) is 25.5 Å². The zero-order valence-electron chi connectivity index (χ0n) is 13.7. The maximum atomic E-state index is 12.0. The second kappa shape index (κ2) is 5.58. The Morgan fingerprint density at radius 1 is 1.21 bits per heavy atom. The molecule has 2 aromatic rings. The third-order valence-corrected chi connectivity index (χ3v) is 4.94. The lowest BCUT2D eigenvalue weighted by Gasteiger charge is -2.25. The first-order valence-electron chi connectivity index (χ1n) is 7.88. The summed E-state index contributed by atoms with van der Waals surface area (Å²) in [5.41, 5.74) is 4.28. The zero-order valence-corrected chi connectivity index (χ0v) is 14.5. The number of ether oxygens (including phenoxy) is 2. The number of Topliss-reactive ketones (excluding diaryl/α,β-unsaturated/α-hetero) is 1. The van der Waals surface area contributed by atoms with Crippen molar-refractivity contribution >= 4 is 18.0 Å². The summed E-state index contributed by atoms with van der Waals surface area (Å²) in [6, 6.07) is 3.90. The van der Waals surface area contributed by atoms with Crippen molar-refractivity contribution < 1.29 is 14.3 Å². The van der Waals surface area contributed by atoms with E-state index in [-0.39, 0.29) is 17.9 Å². The number of hydrogen-bond acceptors (Lipinski definition) is 6. The molecule has 0 amide bonds. The van der Waals surface area contributed by atoms with Gasteiger partial charge in [0.25, 0.3) is 0 Å². The van der Waals surface area contributed by atoms with Crippen molar-refractivity contribution in [2.75, 3.05) is 6.61 Å². The molecule has 7 nitrogen and oxygen atoms in total. The maximum absolute atomic E-state index is 12.0. The summed E-state index contributed by atoms with van der Waals surface area (Å²) in [6.07, 6.45) is -0.643. The molecule has 3 heterocycles. The molecule has 126 valence electrons. The maximum Gasteiger partial charge on any atom is 0.221 e. The summed E-state index contributed by atoms with van der Waals surface area (Å²) in [4.78, 5) is 12.0. The quantitative estimate of drug-likeness (QED) is 0.775. The molecule has 0 aliphatic carbocycles. The van der Waals surface area contributed by atoms with Gasteiger partial charge in [0.15, 0.2) is 5.78 Å². The second-order valence-electron chi connectivity index (χ2n) is 6.44. The van der Waals surface area contributed by atoms with Gasteiger partial charge in [0, 0.05) is 6.42 Å². The molecule has 0 unspecified atom stereocenters. The number of aromatic nitrogens is 4. The first-order chi connectivity index (χ1) is 11.5. The Morgan fingerprint density at radius 2 is 1.92 bits per heavy atom. The third kappa shape index (κ3) is 2.33. The monoisotopic (exact) mass is 346 g/mol. The highest BCUT2D eigenvalue weighted by Gasteiger charge is 2.45. The first kappa shape index (κ1) is 15.6. The van der Waals surface area contributed by atoms with Gasteiger partial charge >= 0.3 is 0 Å². The molecular formula is C16H18N4O3S. The van der Waals surface area contributed by atoms with E-state index < -0.39 is 6.29 Å². The molecule has 2 aliphatic heterocycles. The van der Waals surface area contributed by atoms with Crippen molar-refractivity contribution in [3.63, 3.8) is 0 Å². The SMILES string of the molecule is Cc1cc(C)c(-n2nnn([C@H]3CC(=O)[C@H]4OC[C@@H]3O4)c2=S)c(C)c1. The van der Waals surface area contributed by atoms with Crippen molar-refractivity contribution in [2.45, 2.75) is 45.6 Å². The molecule has 8 heteroatoms. The number of rotatable bonds is 2. The number of benzene rings is 1. The van der Waals surface area contributed by atoms with E-state index in [1.54, 1.807) is 9.36 Å². The van der Waals surface area contributed by atoms with Gasteiger partial charge in [-0.1, -0.05) is 17.7 Å². The van der Waals surface area contributed by atoms with Gasteiger partial charge in [0.2, 0.25) is 11.1 Å². The molecule has 2 aliphatic rings. The van der Waals surface area contributed by atoms with E-state index >= 15 is 0 Å². The third-order valence-electron chi connectivity index (χ3n) is 4.58. The van der Waals surface area contributed by atoms with Crippen molar-refractivity contribution in [2.24, 2.45) is 0 Å². The fourth-order valence-corrected chi connectivity index (χ4v) is 3.88. The standard InChI is InChI=1S/C16H18N4O3S/c1-8-4-9(2)14(10(3)5-8)20-16(24)19(17-18-20)11-6-12(21)15-22-7-13(11)23-15/h4-5,11,13,15H,6-7H2,1-3H3/t11-,13-,15-/m0/s1. The van der Waals surface area contributed by atoms with E-state index in [4.69, 9.17) is 21.7 Å². The molecule has 0 spiro atoms. The molecule has 3 atom stereocenters. The van der Waals surface area contributed by atoms with Crippen molar-refractivity contribution in [1.82, 2.24) is 19.8 Å². The Bertz CT molecular complexity index is 865. The number of fused-ring (bicyclic) bond motifs is 2. The lowest BCUT2D eigenvalue weighted by Crippen LogP contribution is -2.37. The number of aryl methyl sites for hydroxylation is 3. The molecule has 1 aromatic heterocycles. The van der Waals surface area contributed by atoms with E-state index in [1.807, 2.05) is 13.8 Å². The van der Waals surface area contributed by atoms with Crippen LogP contribution in [-0.2, 0) is 14.3 Å². The fourth-order valence-electron chi connectivity index (χ4n) is 3.58. The highest BCUT2D eigenvalue weighted by atomic mass is 32.1. The smallest absolute Gasteiger partial charge is 0.221 e. The summed E-state index contributed by atoms with van der Waals surface area (Å²) in [7, 11) is 0. The van der Waals surface area contributed by atoms with Crippen LogP contribution >= 0.6 is 12.2 Å². The largest absolute Gasteiger partial charge is 0.343 e. The summed E-state index contributed by atoms with van der Waals surface area (Å²) in [5, 5.41) is 8.45. The fraction of sp³-hybridized carbons (Fsp3) is 0.500. The Balaban J connectivity index is 1.77. The number of carbonyl (C=O) groups is 1. The molecule has 0 radical (unpaired) electrons. The van der Waals surface area contributed by atoms with Gasteiger partial charge in [-0.05, 0) is 54.5 Å². The minimum atomic E-state index is -0.725. The van der Waals surface area contributed by atoms with Crippen LogP contribution in [0.25, 0.3) is 5.69 Å². The Hall–Kier alpha value is -1.90. The minimum Gasteiger partial charge on any atom is -0.343 e. The molecule has 2 fully saturated rings. The molecule has 4 rings (SSSR count).